The Morgan fingerprint density at radius 2 is 1.97 bits per heavy atom. The molecule has 1 N–H and O–H groups in total. The van der Waals surface area contributed by atoms with Gasteiger partial charge in [-0.2, -0.15) is 0 Å². The zero-order chi connectivity index (χ0) is 21.6. The van der Waals surface area contributed by atoms with Crippen LogP contribution in [0.25, 0.3) is 0 Å². The lowest BCUT2D eigenvalue weighted by atomic mass is 9.84. The van der Waals surface area contributed by atoms with E-state index in [1.165, 1.54) is 5.57 Å². The summed E-state index contributed by atoms with van der Waals surface area (Å²) in [4.78, 5) is 9.22. The second-order valence-corrected chi connectivity index (χ2v) is 8.73. The fourth-order valence-electron chi connectivity index (χ4n) is 4.79. The van der Waals surface area contributed by atoms with E-state index in [4.69, 9.17) is 4.99 Å². The Labute approximate surface area is 180 Å². The minimum Gasteiger partial charge on any atom is -0.372 e. The van der Waals surface area contributed by atoms with Crippen LogP contribution < -0.4 is 5.32 Å². The molecule has 0 aromatic carbocycles. The highest BCUT2D eigenvalue weighted by Crippen LogP contribution is 2.36. The first kappa shape index (κ1) is 22.7. The summed E-state index contributed by atoms with van der Waals surface area (Å²) in [6.45, 7) is 11.9. The lowest BCUT2D eigenvalue weighted by Crippen LogP contribution is -2.55. The molecule has 3 aliphatic rings. The maximum absolute atomic E-state index is 13.6. The Hall–Kier alpha value is -1.95. The monoisotopic (exact) mass is 418 g/mol. The summed E-state index contributed by atoms with van der Waals surface area (Å²) in [6, 6.07) is 0.716. The van der Waals surface area contributed by atoms with Crippen molar-refractivity contribution >= 4 is 6.34 Å². The highest BCUT2D eigenvalue weighted by Gasteiger charge is 2.45. The standard InChI is InChI=1S/C24H36F2N4/c1-4-5-6-9-19(2)10-8-15-27-20(3)30-18-28-23-21(11-7-12-22(23)30)29-16-13-24(25,26)14-17-29/h4-6,9,18,21-23,27H,1,3,7-8,10-17H2,2H3/b6-5-,19-9+. The first-order valence-electron chi connectivity index (χ1n) is 11.2. The molecule has 166 valence electrons. The van der Waals surface area contributed by atoms with Crippen molar-refractivity contribution in [2.45, 2.75) is 75.9 Å². The van der Waals surface area contributed by atoms with Crippen LogP contribution in [0.5, 0.6) is 0 Å². The molecule has 2 fully saturated rings. The van der Waals surface area contributed by atoms with Gasteiger partial charge in [-0.1, -0.05) is 43.0 Å². The average Bonchev–Trinajstić information content (AvgIpc) is 3.16. The zero-order valence-corrected chi connectivity index (χ0v) is 18.2. The van der Waals surface area contributed by atoms with Crippen molar-refractivity contribution in [3.8, 4) is 0 Å². The first-order valence-corrected chi connectivity index (χ1v) is 11.2. The number of rotatable bonds is 9. The third-order valence-corrected chi connectivity index (χ3v) is 6.52. The summed E-state index contributed by atoms with van der Waals surface area (Å²) in [5, 5.41) is 3.45. The lowest BCUT2D eigenvalue weighted by molar-refractivity contribution is -0.0685. The van der Waals surface area contributed by atoms with Gasteiger partial charge in [-0.3, -0.25) is 9.89 Å². The van der Waals surface area contributed by atoms with Crippen molar-refractivity contribution < 1.29 is 8.78 Å². The summed E-state index contributed by atoms with van der Waals surface area (Å²) >= 11 is 0. The molecule has 0 aromatic rings. The van der Waals surface area contributed by atoms with Crippen LogP contribution in [0.2, 0.25) is 0 Å². The SMILES string of the molecule is C=C/C=C\C=C(/C)CCCNC(=C)N1C=NC2C(N3CCC(F)(F)CC3)CCCC21. The second kappa shape index (κ2) is 10.4. The van der Waals surface area contributed by atoms with E-state index in [0.717, 1.165) is 44.5 Å². The van der Waals surface area contributed by atoms with Gasteiger partial charge in [-0.25, -0.2) is 8.78 Å². The number of hydrogen-bond donors (Lipinski definition) is 1. The number of aliphatic imine (C=N–C) groups is 1. The van der Waals surface area contributed by atoms with Crippen LogP contribution >= 0.6 is 0 Å². The van der Waals surface area contributed by atoms with Gasteiger partial charge in [0.1, 0.15) is 0 Å². The molecule has 0 radical (unpaired) electrons. The van der Waals surface area contributed by atoms with Crippen LogP contribution in [0.4, 0.5) is 8.78 Å². The Kier molecular flexibility index (Phi) is 7.87. The third-order valence-electron chi connectivity index (χ3n) is 6.52. The van der Waals surface area contributed by atoms with E-state index in [1.54, 1.807) is 6.08 Å². The van der Waals surface area contributed by atoms with Gasteiger partial charge in [0.25, 0.3) is 5.92 Å². The third kappa shape index (κ3) is 5.81. The fraction of sp³-hybridized carbons (Fsp3) is 0.625. The quantitative estimate of drug-likeness (QED) is 0.428. The van der Waals surface area contributed by atoms with Gasteiger partial charge < -0.3 is 10.2 Å². The van der Waals surface area contributed by atoms with Crippen LogP contribution in [-0.4, -0.2) is 59.8 Å². The molecule has 3 atom stereocenters. The number of nitrogens with zero attached hydrogens (tertiary/aromatic N) is 3. The maximum Gasteiger partial charge on any atom is 0.250 e. The Bertz CT molecular complexity index is 687. The van der Waals surface area contributed by atoms with E-state index in [1.807, 2.05) is 18.5 Å². The van der Waals surface area contributed by atoms with Crippen LogP contribution in [-0.2, 0) is 0 Å². The van der Waals surface area contributed by atoms with Gasteiger partial charge >= 0.3 is 0 Å². The number of nitrogens with one attached hydrogen (secondary N) is 1. The molecule has 1 saturated carbocycles. The van der Waals surface area contributed by atoms with Crippen molar-refractivity contribution in [2.24, 2.45) is 4.99 Å². The van der Waals surface area contributed by atoms with Gasteiger partial charge in [-0.15, -0.1) is 0 Å². The summed E-state index contributed by atoms with van der Waals surface area (Å²) in [5.74, 6) is -1.60. The number of likely N-dealkylation sites (tertiary alicyclic amines) is 1. The highest BCUT2D eigenvalue weighted by atomic mass is 19.3. The van der Waals surface area contributed by atoms with Gasteiger partial charge in [0.15, 0.2) is 0 Å². The van der Waals surface area contributed by atoms with Crippen molar-refractivity contribution in [3.63, 3.8) is 0 Å². The molecule has 1 saturated heterocycles. The number of piperidine rings is 1. The zero-order valence-electron chi connectivity index (χ0n) is 18.2. The Morgan fingerprint density at radius 3 is 2.70 bits per heavy atom. The van der Waals surface area contributed by atoms with E-state index in [0.29, 0.717) is 13.1 Å². The largest absolute Gasteiger partial charge is 0.372 e. The molecule has 0 aromatic heterocycles. The molecule has 3 unspecified atom stereocenters. The molecule has 0 spiro atoms. The van der Waals surface area contributed by atoms with E-state index in [2.05, 4.69) is 41.3 Å². The average molecular weight is 419 g/mol. The van der Waals surface area contributed by atoms with Crippen molar-refractivity contribution in [1.29, 1.82) is 0 Å². The van der Waals surface area contributed by atoms with Crippen molar-refractivity contribution in [1.82, 2.24) is 15.1 Å². The van der Waals surface area contributed by atoms with Crippen molar-refractivity contribution in [2.75, 3.05) is 19.6 Å². The fourth-order valence-corrected chi connectivity index (χ4v) is 4.79. The van der Waals surface area contributed by atoms with Gasteiger partial charge in [0, 0.05) is 38.5 Å². The molecule has 6 heteroatoms. The second-order valence-electron chi connectivity index (χ2n) is 8.73. The number of alkyl halides is 2. The predicted molar refractivity (Wildman–Crippen MR) is 121 cm³/mol. The summed E-state index contributed by atoms with van der Waals surface area (Å²) in [7, 11) is 0. The molecular weight excluding hydrogens is 382 g/mol. The topological polar surface area (TPSA) is 30.9 Å². The normalized spacial score (nSPS) is 29.2. The number of fused-ring (bicyclic) bond motifs is 1. The summed E-state index contributed by atoms with van der Waals surface area (Å²) in [5.41, 5.74) is 1.34. The van der Waals surface area contributed by atoms with Crippen LogP contribution in [0, 0.1) is 0 Å². The molecule has 2 aliphatic heterocycles. The van der Waals surface area contributed by atoms with Gasteiger partial charge in [0.05, 0.1) is 24.2 Å². The van der Waals surface area contributed by atoms with E-state index >= 15 is 0 Å². The smallest absolute Gasteiger partial charge is 0.250 e. The molecule has 1 aliphatic carbocycles. The first-order chi connectivity index (χ1) is 14.4. The molecule has 2 heterocycles. The minimum atomic E-state index is -2.50. The highest BCUT2D eigenvalue weighted by molar-refractivity contribution is 5.62. The van der Waals surface area contributed by atoms with Crippen LogP contribution in [0.15, 0.2) is 53.8 Å². The molecule has 30 heavy (non-hydrogen) atoms. The van der Waals surface area contributed by atoms with Crippen LogP contribution in [0.3, 0.4) is 0 Å². The van der Waals surface area contributed by atoms with E-state index in [-0.39, 0.29) is 31.0 Å². The molecule has 3 rings (SSSR count). The van der Waals surface area contributed by atoms with E-state index in [9.17, 15) is 8.78 Å². The number of allylic oxidation sites excluding steroid dienone is 5. The van der Waals surface area contributed by atoms with Gasteiger partial charge in [-0.05, 0) is 39.0 Å². The minimum absolute atomic E-state index is 0.0280. The maximum atomic E-state index is 13.6. The van der Waals surface area contributed by atoms with Crippen molar-refractivity contribution in [3.05, 3.63) is 48.9 Å². The molecule has 4 nitrogen and oxygen atoms in total. The molecular formula is C24H36F2N4. The van der Waals surface area contributed by atoms with Gasteiger partial charge in [0.2, 0.25) is 0 Å². The lowest BCUT2D eigenvalue weighted by Gasteiger charge is -2.44. The number of halogens is 2. The Balaban J connectivity index is 1.46. The Morgan fingerprint density at radius 1 is 1.23 bits per heavy atom. The molecule has 0 amide bonds. The van der Waals surface area contributed by atoms with E-state index < -0.39 is 5.92 Å². The summed E-state index contributed by atoms with van der Waals surface area (Å²) < 4.78 is 27.1. The van der Waals surface area contributed by atoms with Crippen LogP contribution in [0.1, 0.15) is 51.9 Å². The predicted octanol–water partition coefficient (Wildman–Crippen LogP) is 4.88. The summed E-state index contributed by atoms with van der Waals surface area (Å²) in [6.07, 6.45) is 15.0. The number of hydrogen-bond acceptors (Lipinski definition) is 4. The molecule has 0 bridgehead atoms.